The van der Waals surface area contributed by atoms with Gasteiger partial charge < -0.3 is 89.9 Å². The average Bonchev–Trinajstić information content (AvgIpc) is 0.780. The van der Waals surface area contributed by atoms with Crippen molar-refractivity contribution in [2.45, 2.75) is 446 Å². The van der Waals surface area contributed by atoms with Crippen LogP contribution in [0.15, 0.2) is 72.9 Å². The first kappa shape index (κ1) is 97.4. The average molecular weight is 1510 g/mol. The lowest BCUT2D eigenvalue weighted by Crippen LogP contribution is -2.66. The molecule has 0 aliphatic carbocycles. The molecule has 106 heavy (non-hydrogen) atoms. The van der Waals surface area contributed by atoms with E-state index in [2.05, 4.69) is 92.1 Å². The van der Waals surface area contributed by atoms with E-state index in [4.69, 9.17) is 28.4 Å². The lowest BCUT2D eigenvalue weighted by atomic mass is 9.96. The number of allylic oxidation sites excluding steroid dienone is 12. The zero-order chi connectivity index (χ0) is 76.7. The Kier molecular flexibility index (Phi) is 61.4. The summed E-state index contributed by atoms with van der Waals surface area (Å²) < 4.78 is 34.6. The topological polar surface area (TPSA) is 307 Å². The highest BCUT2D eigenvalue weighted by molar-refractivity contribution is 5.76. The number of amides is 1. The van der Waals surface area contributed by atoms with Crippen LogP contribution in [0.4, 0.5) is 0 Å². The van der Waals surface area contributed by atoms with E-state index in [1.54, 1.807) is 0 Å². The second-order valence-corrected chi connectivity index (χ2v) is 30.6. The van der Waals surface area contributed by atoms with E-state index in [-0.39, 0.29) is 18.9 Å². The summed E-state index contributed by atoms with van der Waals surface area (Å²) in [6.45, 7) is 1.73. The fourth-order valence-electron chi connectivity index (χ4n) is 14.4. The summed E-state index contributed by atoms with van der Waals surface area (Å²) in [7, 11) is 0. The molecule has 19 heteroatoms. The van der Waals surface area contributed by atoms with Gasteiger partial charge in [-0.1, -0.05) is 344 Å². The predicted octanol–water partition coefficient (Wildman–Crippen LogP) is 15.6. The van der Waals surface area contributed by atoms with Crippen LogP contribution in [0.5, 0.6) is 0 Å². The highest BCUT2D eigenvalue weighted by Crippen LogP contribution is 2.33. The molecular formula is C87H157NO18. The molecule has 0 aromatic heterocycles. The predicted molar refractivity (Wildman–Crippen MR) is 425 cm³/mol. The summed E-state index contributed by atoms with van der Waals surface area (Å²) in [6.07, 6.45) is 61.4. The molecule has 3 saturated heterocycles. The Balaban J connectivity index is 1.31. The molecule has 0 saturated carbocycles. The third-order valence-corrected chi connectivity index (χ3v) is 21.3. The molecule has 3 aliphatic rings. The number of hydrogen-bond acceptors (Lipinski definition) is 18. The normalized spacial score (nSPS) is 26.0. The molecular weight excluding hydrogens is 1350 g/mol. The van der Waals surface area contributed by atoms with Crippen molar-refractivity contribution in [3.63, 3.8) is 0 Å². The Hall–Kier alpha value is -2.77. The molecule has 618 valence electrons. The van der Waals surface area contributed by atoms with Gasteiger partial charge in [-0.25, -0.2) is 0 Å². The number of ether oxygens (including phenoxy) is 6. The maximum absolute atomic E-state index is 13.5. The lowest BCUT2D eigenvalue weighted by Gasteiger charge is -2.48. The van der Waals surface area contributed by atoms with E-state index < -0.39 is 124 Å². The third kappa shape index (κ3) is 45.7. The number of carbonyl (C=O) groups excluding carboxylic acids is 1. The van der Waals surface area contributed by atoms with Gasteiger partial charge in [0.2, 0.25) is 5.91 Å². The molecule has 19 nitrogen and oxygen atoms in total. The fourth-order valence-corrected chi connectivity index (χ4v) is 14.4. The maximum atomic E-state index is 13.5. The quantitative estimate of drug-likeness (QED) is 0.0199. The number of hydrogen-bond donors (Lipinski definition) is 12. The summed E-state index contributed by atoms with van der Waals surface area (Å²) in [5.74, 6) is -0.237. The Bertz CT molecular complexity index is 2190. The van der Waals surface area contributed by atoms with E-state index in [0.29, 0.717) is 12.8 Å². The van der Waals surface area contributed by atoms with Crippen LogP contribution in [-0.2, 0) is 33.2 Å². The first-order valence-corrected chi connectivity index (χ1v) is 43.2. The first-order chi connectivity index (χ1) is 51.8. The summed E-state index contributed by atoms with van der Waals surface area (Å²) in [5, 5.41) is 121. The highest BCUT2D eigenvalue weighted by Gasteiger charge is 2.54. The molecule has 0 aromatic carbocycles. The number of rotatable bonds is 69. The molecule has 12 N–H and O–H groups in total. The van der Waals surface area contributed by atoms with Gasteiger partial charge >= 0.3 is 0 Å². The maximum Gasteiger partial charge on any atom is 0.220 e. The molecule has 3 aliphatic heterocycles. The molecule has 3 rings (SSSR count). The van der Waals surface area contributed by atoms with Crippen molar-refractivity contribution in [2.75, 3.05) is 26.4 Å². The summed E-state index contributed by atoms with van der Waals surface area (Å²) >= 11 is 0. The van der Waals surface area contributed by atoms with E-state index in [1.807, 2.05) is 0 Å². The number of nitrogens with one attached hydrogen (secondary N) is 1. The van der Waals surface area contributed by atoms with Crippen molar-refractivity contribution in [2.24, 2.45) is 0 Å². The smallest absolute Gasteiger partial charge is 0.220 e. The minimum atomic E-state index is -1.97. The fraction of sp³-hybridized carbons (Fsp3) is 0.851. The van der Waals surface area contributed by atoms with Gasteiger partial charge in [-0.15, -0.1) is 0 Å². The highest BCUT2D eigenvalue weighted by atomic mass is 16.8. The van der Waals surface area contributed by atoms with E-state index in [9.17, 15) is 61.0 Å². The zero-order valence-corrected chi connectivity index (χ0v) is 66.4. The summed E-state index contributed by atoms with van der Waals surface area (Å²) in [4.78, 5) is 13.5. The van der Waals surface area contributed by atoms with Crippen molar-refractivity contribution in [3.05, 3.63) is 72.9 Å². The van der Waals surface area contributed by atoms with Gasteiger partial charge in [0.05, 0.1) is 38.6 Å². The van der Waals surface area contributed by atoms with Gasteiger partial charge in [-0.3, -0.25) is 4.79 Å². The Morgan fingerprint density at radius 3 is 1.02 bits per heavy atom. The number of aliphatic hydroxyl groups is 11. The van der Waals surface area contributed by atoms with Crippen LogP contribution in [0.25, 0.3) is 0 Å². The van der Waals surface area contributed by atoms with Gasteiger partial charge in [0.1, 0.15) is 73.2 Å². The van der Waals surface area contributed by atoms with Crippen molar-refractivity contribution in [3.8, 4) is 0 Å². The molecule has 0 spiro atoms. The van der Waals surface area contributed by atoms with E-state index in [1.165, 1.54) is 225 Å². The van der Waals surface area contributed by atoms with Crippen LogP contribution < -0.4 is 5.32 Å². The van der Waals surface area contributed by atoms with Gasteiger partial charge in [0.15, 0.2) is 18.9 Å². The lowest BCUT2D eigenvalue weighted by molar-refractivity contribution is -0.379. The Morgan fingerprint density at radius 2 is 0.651 bits per heavy atom. The minimum Gasteiger partial charge on any atom is -0.394 e. The van der Waals surface area contributed by atoms with Crippen molar-refractivity contribution in [1.29, 1.82) is 0 Å². The van der Waals surface area contributed by atoms with Crippen LogP contribution in [-0.4, -0.2) is 193 Å². The number of aliphatic hydroxyl groups excluding tert-OH is 11. The molecule has 3 fully saturated rings. The molecule has 3 heterocycles. The van der Waals surface area contributed by atoms with Crippen molar-refractivity contribution in [1.82, 2.24) is 5.32 Å². The monoisotopic (exact) mass is 1500 g/mol. The summed E-state index contributed by atoms with van der Waals surface area (Å²) in [6, 6.07) is -0.889. The second-order valence-electron chi connectivity index (χ2n) is 30.6. The van der Waals surface area contributed by atoms with Crippen LogP contribution in [0.2, 0.25) is 0 Å². The first-order valence-electron chi connectivity index (χ1n) is 43.2. The van der Waals surface area contributed by atoms with E-state index >= 15 is 0 Å². The standard InChI is InChI=1S/C87H157NO18/c1-3-5-7-9-11-13-15-17-19-21-23-25-27-28-29-30-31-32-33-34-35-36-37-38-39-40-41-42-43-45-47-49-51-53-55-57-59-61-63-65-75(93)88-70(71(92)64-62-60-58-56-54-52-50-48-46-44-26-24-22-20-18-16-14-12-10-8-6-4-2)69-101-85-81(99)78(96)83(73(67-90)103-85)106-87-82(100)79(97)84(74(68-91)104-87)105-86-80(98)77(95)76(94)72(66-89)102-86/h5,7,11,13,17,19,23,25,28-29,31-32,70-74,76-87,89-92,94-100H,3-4,6,8-10,12,14-16,18,20-22,24,26-27,30,33-69H2,1-2H3,(H,88,93)/b7-5-,13-11-,19-17-,25-23-,29-28-,32-31-. The molecule has 1 amide bonds. The summed E-state index contributed by atoms with van der Waals surface area (Å²) in [5.41, 5.74) is 0. The van der Waals surface area contributed by atoms with Crippen LogP contribution >= 0.6 is 0 Å². The van der Waals surface area contributed by atoms with Gasteiger partial charge in [0, 0.05) is 6.42 Å². The molecule has 0 bridgehead atoms. The molecule has 17 atom stereocenters. The molecule has 0 radical (unpaired) electrons. The van der Waals surface area contributed by atoms with Crippen LogP contribution in [0.1, 0.15) is 341 Å². The Labute approximate surface area is 642 Å². The molecule has 0 aromatic rings. The van der Waals surface area contributed by atoms with E-state index in [0.717, 1.165) is 83.5 Å². The Morgan fingerprint density at radius 1 is 0.349 bits per heavy atom. The second kappa shape index (κ2) is 66.8. The minimum absolute atomic E-state index is 0.237. The van der Waals surface area contributed by atoms with Crippen molar-refractivity contribution >= 4 is 5.91 Å². The van der Waals surface area contributed by atoms with Crippen LogP contribution in [0, 0.1) is 0 Å². The van der Waals surface area contributed by atoms with Gasteiger partial charge in [0.25, 0.3) is 0 Å². The third-order valence-electron chi connectivity index (χ3n) is 21.3. The number of unbranched alkanes of at least 4 members (excludes halogenated alkanes) is 41. The van der Waals surface area contributed by atoms with Crippen molar-refractivity contribution < 1.29 is 89.4 Å². The van der Waals surface area contributed by atoms with Gasteiger partial charge in [-0.2, -0.15) is 0 Å². The molecule has 17 unspecified atom stereocenters. The van der Waals surface area contributed by atoms with Crippen LogP contribution in [0.3, 0.4) is 0 Å². The SMILES string of the molecule is CC/C=C\C/C=C\C/C=C\C/C=C\C/C=C\C/C=C\CCCCCCCCCCCCCCCCCCCCCCC(=O)NC(COC1OC(CO)C(OC2OC(CO)C(OC3OC(CO)C(O)C(O)C3O)C(O)C2O)C(O)C1O)C(O)CCCCCCCCCCCCCCCCCCCCCCCC. The van der Waals surface area contributed by atoms with Gasteiger partial charge in [-0.05, 0) is 64.2 Å². The number of carbonyl (C=O) groups is 1. The largest absolute Gasteiger partial charge is 0.394 e. The zero-order valence-electron chi connectivity index (χ0n) is 66.4.